The fourth-order valence-electron chi connectivity index (χ4n) is 2.64. The topological polar surface area (TPSA) is 40.5 Å². The van der Waals surface area contributed by atoms with Gasteiger partial charge < -0.3 is 10.2 Å². The Labute approximate surface area is 139 Å². The maximum absolute atomic E-state index is 5.81. The van der Waals surface area contributed by atoms with E-state index in [1.807, 2.05) is 18.3 Å². The van der Waals surface area contributed by atoms with Gasteiger partial charge in [-0.15, -0.1) is 0 Å². The van der Waals surface area contributed by atoms with Crippen molar-refractivity contribution in [3.05, 3.63) is 29.0 Å². The predicted octanol–water partition coefficient (Wildman–Crippen LogP) is 3.36. The summed E-state index contributed by atoms with van der Waals surface area (Å²) in [5.41, 5.74) is 1.59. The highest BCUT2D eigenvalue weighted by molar-refractivity contribution is 6.29. The van der Waals surface area contributed by atoms with Crippen molar-refractivity contribution in [1.82, 2.24) is 15.2 Å². The van der Waals surface area contributed by atoms with Crippen LogP contribution in [0.25, 0.3) is 0 Å². The number of nitrogens with one attached hydrogen (secondary N) is 1. The molecule has 22 heavy (non-hydrogen) atoms. The summed E-state index contributed by atoms with van der Waals surface area (Å²) in [6, 6.07) is 3.83. The molecule has 1 aromatic rings. The lowest BCUT2D eigenvalue weighted by atomic mass is 9.65. The molecule has 1 N–H and O–H groups in total. The van der Waals surface area contributed by atoms with Crippen molar-refractivity contribution < 1.29 is 0 Å². The van der Waals surface area contributed by atoms with Gasteiger partial charge in [0.1, 0.15) is 5.15 Å². The highest BCUT2D eigenvalue weighted by Gasteiger charge is 2.53. The number of hydrogen-bond acceptors (Lipinski definition) is 2. The molecule has 0 bridgehead atoms. The lowest BCUT2D eigenvalue weighted by Gasteiger charge is -2.62. The van der Waals surface area contributed by atoms with Crippen molar-refractivity contribution in [2.45, 2.75) is 46.6 Å². The number of pyridine rings is 1. The molecule has 122 valence electrons. The van der Waals surface area contributed by atoms with Gasteiger partial charge in [0.05, 0.1) is 0 Å². The molecule has 1 aromatic heterocycles. The lowest BCUT2D eigenvalue weighted by Crippen LogP contribution is -2.72. The molecule has 5 heteroatoms. The van der Waals surface area contributed by atoms with Crippen molar-refractivity contribution in [2.75, 3.05) is 19.6 Å². The van der Waals surface area contributed by atoms with Gasteiger partial charge in [-0.3, -0.25) is 4.99 Å². The minimum Gasteiger partial charge on any atom is -0.356 e. The molecule has 2 rings (SSSR count). The molecule has 0 atom stereocenters. The SMILES string of the molecule is CCNC(=NCCc1ccc(Cl)nc1)N1CC(C)(C)C1(C)C. The van der Waals surface area contributed by atoms with Gasteiger partial charge in [-0.1, -0.05) is 31.5 Å². The molecule has 0 aromatic carbocycles. The van der Waals surface area contributed by atoms with Crippen molar-refractivity contribution in [3.8, 4) is 0 Å². The van der Waals surface area contributed by atoms with E-state index in [4.69, 9.17) is 16.6 Å². The van der Waals surface area contributed by atoms with E-state index in [0.29, 0.717) is 10.6 Å². The summed E-state index contributed by atoms with van der Waals surface area (Å²) in [5.74, 6) is 1.01. The number of guanidine groups is 1. The first-order valence-corrected chi connectivity index (χ1v) is 8.32. The smallest absolute Gasteiger partial charge is 0.194 e. The third kappa shape index (κ3) is 3.37. The maximum Gasteiger partial charge on any atom is 0.194 e. The van der Waals surface area contributed by atoms with Crippen molar-refractivity contribution in [2.24, 2.45) is 10.4 Å². The van der Waals surface area contributed by atoms with Gasteiger partial charge in [-0.25, -0.2) is 4.98 Å². The van der Waals surface area contributed by atoms with Gasteiger partial charge in [-0.05, 0) is 38.8 Å². The zero-order valence-electron chi connectivity index (χ0n) is 14.3. The number of nitrogens with zero attached hydrogens (tertiary/aromatic N) is 3. The standard InChI is InChI=1S/C17H27ClN4/c1-6-19-15(22-12-16(2,3)17(22,4)5)20-10-9-13-7-8-14(18)21-11-13/h7-8,11H,6,9-10,12H2,1-5H3,(H,19,20). The van der Waals surface area contributed by atoms with E-state index in [0.717, 1.165) is 37.6 Å². The van der Waals surface area contributed by atoms with E-state index in [1.165, 1.54) is 0 Å². The van der Waals surface area contributed by atoms with Gasteiger partial charge in [0, 0.05) is 36.8 Å². The molecular formula is C17H27ClN4. The van der Waals surface area contributed by atoms with Crippen LogP contribution in [-0.4, -0.2) is 41.0 Å². The summed E-state index contributed by atoms with van der Waals surface area (Å²) in [6.07, 6.45) is 2.69. The van der Waals surface area contributed by atoms with E-state index in [1.54, 1.807) is 0 Å². The molecule has 0 amide bonds. The van der Waals surface area contributed by atoms with Crippen molar-refractivity contribution in [3.63, 3.8) is 0 Å². The third-order valence-corrected chi connectivity index (χ3v) is 5.15. The summed E-state index contributed by atoms with van der Waals surface area (Å²) in [7, 11) is 0. The number of aromatic nitrogens is 1. The Balaban J connectivity index is 2.01. The third-order valence-electron chi connectivity index (χ3n) is 4.93. The predicted molar refractivity (Wildman–Crippen MR) is 93.5 cm³/mol. The van der Waals surface area contributed by atoms with Gasteiger partial charge in [0.15, 0.2) is 5.96 Å². The summed E-state index contributed by atoms with van der Waals surface area (Å²) in [5, 5.41) is 3.95. The zero-order chi connectivity index (χ0) is 16.4. The first-order chi connectivity index (χ1) is 10.3. The van der Waals surface area contributed by atoms with Crippen LogP contribution in [0.15, 0.2) is 23.3 Å². The molecule has 4 nitrogen and oxygen atoms in total. The van der Waals surface area contributed by atoms with E-state index in [-0.39, 0.29) is 5.54 Å². The zero-order valence-corrected chi connectivity index (χ0v) is 15.0. The van der Waals surface area contributed by atoms with Crippen LogP contribution in [0.4, 0.5) is 0 Å². The fraction of sp³-hybridized carbons (Fsp3) is 0.647. The highest BCUT2D eigenvalue weighted by atomic mass is 35.5. The van der Waals surface area contributed by atoms with Crippen LogP contribution in [0.2, 0.25) is 5.15 Å². The quantitative estimate of drug-likeness (QED) is 0.525. The van der Waals surface area contributed by atoms with Gasteiger partial charge >= 0.3 is 0 Å². The number of aliphatic imine (C=N–C) groups is 1. The largest absolute Gasteiger partial charge is 0.356 e. The van der Waals surface area contributed by atoms with Crippen LogP contribution in [0, 0.1) is 5.41 Å². The lowest BCUT2D eigenvalue weighted by molar-refractivity contribution is -0.0667. The minimum atomic E-state index is 0.121. The molecule has 0 spiro atoms. The molecule has 0 unspecified atom stereocenters. The Kier molecular flexibility index (Phi) is 5.00. The van der Waals surface area contributed by atoms with Crippen LogP contribution >= 0.6 is 11.6 Å². The van der Waals surface area contributed by atoms with Gasteiger partial charge in [0.2, 0.25) is 0 Å². The normalized spacial score (nSPS) is 19.7. The van der Waals surface area contributed by atoms with Crippen LogP contribution in [0.1, 0.15) is 40.2 Å². The molecule has 0 aliphatic carbocycles. The van der Waals surface area contributed by atoms with Crippen molar-refractivity contribution in [1.29, 1.82) is 0 Å². The second-order valence-electron chi connectivity index (χ2n) is 7.00. The fourth-order valence-corrected chi connectivity index (χ4v) is 2.75. The molecule has 0 saturated carbocycles. The van der Waals surface area contributed by atoms with Crippen molar-refractivity contribution >= 4 is 17.6 Å². The summed E-state index contributed by atoms with van der Waals surface area (Å²) >= 11 is 5.81. The van der Waals surface area contributed by atoms with Crippen LogP contribution < -0.4 is 5.32 Å². The highest BCUT2D eigenvalue weighted by Crippen LogP contribution is 2.46. The Hall–Kier alpha value is -1.29. The number of halogens is 1. The van der Waals surface area contributed by atoms with E-state index < -0.39 is 0 Å². The second kappa shape index (κ2) is 6.45. The average Bonchev–Trinajstić information content (AvgIpc) is 2.46. The molecule has 1 aliphatic rings. The Bertz CT molecular complexity index is 534. The van der Waals surface area contributed by atoms with E-state index >= 15 is 0 Å². The monoisotopic (exact) mass is 322 g/mol. The molecular weight excluding hydrogens is 296 g/mol. The number of rotatable bonds is 4. The van der Waals surface area contributed by atoms with Crippen LogP contribution in [0.3, 0.4) is 0 Å². The first-order valence-electron chi connectivity index (χ1n) is 7.94. The van der Waals surface area contributed by atoms with Gasteiger partial charge in [0.25, 0.3) is 0 Å². The summed E-state index contributed by atoms with van der Waals surface area (Å²) < 4.78 is 0. The molecule has 0 radical (unpaired) electrons. The molecule has 1 aliphatic heterocycles. The average molecular weight is 323 g/mol. The number of likely N-dealkylation sites (tertiary alicyclic amines) is 1. The summed E-state index contributed by atoms with van der Waals surface area (Å²) in [6.45, 7) is 14.0. The van der Waals surface area contributed by atoms with Crippen LogP contribution in [0.5, 0.6) is 0 Å². The summed E-state index contributed by atoms with van der Waals surface area (Å²) in [4.78, 5) is 11.3. The Morgan fingerprint density at radius 1 is 1.36 bits per heavy atom. The van der Waals surface area contributed by atoms with Crippen LogP contribution in [-0.2, 0) is 6.42 Å². The van der Waals surface area contributed by atoms with Gasteiger partial charge in [-0.2, -0.15) is 0 Å². The maximum atomic E-state index is 5.81. The van der Waals surface area contributed by atoms with E-state index in [9.17, 15) is 0 Å². The second-order valence-corrected chi connectivity index (χ2v) is 7.39. The number of hydrogen-bond donors (Lipinski definition) is 1. The Morgan fingerprint density at radius 2 is 2.09 bits per heavy atom. The molecule has 1 saturated heterocycles. The molecule has 1 fully saturated rings. The molecule has 2 heterocycles. The Morgan fingerprint density at radius 3 is 2.59 bits per heavy atom. The van der Waals surface area contributed by atoms with E-state index in [2.05, 4.69) is 49.8 Å². The minimum absolute atomic E-state index is 0.121. The first kappa shape index (κ1) is 17.1.